The highest BCUT2D eigenvalue weighted by atomic mass is 16.3. The maximum absolute atomic E-state index is 10.5. The molecule has 0 aromatic carbocycles. The zero-order valence-electron chi connectivity index (χ0n) is 9.29. The van der Waals surface area contributed by atoms with E-state index in [2.05, 4.69) is 13.5 Å². The van der Waals surface area contributed by atoms with E-state index < -0.39 is 5.60 Å². The van der Waals surface area contributed by atoms with Crippen molar-refractivity contribution in [1.82, 2.24) is 0 Å². The number of aliphatic hydroxyl groups excluding tert-OH is 1. The fraction of sp³-hybridized carbons (Fsp3) is 0.833. The molecule has 2 nitrogen and oxygen atoms in total. The van der Waals surface area contributed by atoms with Crippen LogP contribution in [-0.2, 0) is 0 Å². The zero-order valence-corrected chi connectivity index (χ0v) is 9.29. The first kappa shape index (κ1) is 11.7. The van der Waals surface area contributed by atoms with Crippen LogP contribution in [0.25, 0.3) is 0 Å². The van der Waals surface area contributed by atoms with Crippen LogP contribution in [0.2, 0.25) is 0 Å². The predicted octanol–water partition coefficient (Wildman–Crippen LogP) is 2.11. The molecule has 1 fully saturated rings. The van der Waals surface area contributed by atoms with Crippen molar-refractivity contribution < 1.29 is 10.2 Å². The summed E-state index contributed by atoms with van der Waals surface area (Å²) in [5, 5.41) is 19.4. The first-order valence-corrected chi connectivity index (χ1v) is 5.48. The van der Waals surface area contributed by atoms with E-state index in [1.54, 1.807) is 0 Å². The molecule has 3 atom stereocenters. The van der Waals surface area contributed by atoms with Crippen molar-refractivity contribution in [3.63, 3.8) is 0 Å². The average Bonchev–Trinajstić information content (AvgIpc) is 2.02. The summed E-state index contributed by atoms with van der Waals surface area (Å²) >= 11 is 0. The summed E-state index contributed by atoms with van der Waals surface area (Å²) in [4.78, 5) is 0. The Morgan fingerprint density at radius 3 is 2.64 bits per heavy atom. The lowest BCUT2D eigenvalue weighted by molar-refractivity contribution is -0.0648. The summed E-state index contributed by atoms with van der Waals surface area (Å²) in [5.41, 5.74) is 0.339. The molecule has 0 aromatic rings. The quantitative estimate of drug-likeness (QED) is 0.682. The molecule has 0 saturated heterocycles. The summed E-state index contributed by atoms with van der Waals surface area (Å²) < 4.78 is 0. The van der Waals surface area contributed by atoms with Crippen molar-refractivity contribution in [2.45, 2.75) is 45.1 Å². The van der Waals surface area contributed by atoms with E-state index in [9.17, 15) is 5.11 Å². The molecule has 14 heavy (non-hydrogen) atoms. The summed E-state index contributed by atoms with van der Waals surface area (Å²) in [6.07, 6.45) is 3.44. The molecule has 2 heteroatoms. The van der Waals surface area contributed by atoms with Crippen LogP contribution in [0.4, 0.5) is 0 Å². The SMILES string of the molecule is C=C(C)[C@@H]1CC[C@@H](C)C[C@]1(O)CCO. The highest BCUT2D eigenvalue weighted by molar-refractivity contribution is 5.08. The Kier molecular flexibility index (Phi) is 3.73. The Hall–Kier alpha value is -0.340. The van der Waals surface area contributed by atoms with Gasteiger partial charge in [0.15, 0.2) is 0 Å². The second-order valence-corrected chi connectivity index (χ2v) is 4.86. The Morgan fingerprint density at radius 1 is 1.50 bits per heavy atom. The second-order valence-electron chi connectivity index (χ2n) is 4.86. The monoisotopic (exact) mass is 198 g/mol. The largest absolute Gasteiger partial charge is 0.396 e. The predicted molar refractivity (Wildman–Crippen MR) is 58.0 cm³/mol. The molecule has 0 aliphatic heterocycles. The van der Waals surface area contributed by atoms with E-state index in [1.807, 2.05) is 6.92 Å². The van der Waals surface area contributed by atoms with Crippen LogP contribution in [-0.4, -0.2) is 22.4 Å². The van der Waals surface area contributed by atoms with Crippen molar-refractivity contribution in [2.24, 2.45) is 11.8 Å². The molecule has 0 heterocycles. The van der Waals surface area contributed by atoms with Gasteiger partial charge in [0, 0.05) is 12.5 Å². The molecule has 82 valence electrons. The van der Waals surface area contributed by atoms with Gasteiger partial charge in [-0.05, 0) is 38.5 Å². The van der Waals surface area contributed by atoms with Crippen molar-refractivity contribution in [2.75, 3.05) is 6.61 Å². The highest BCUT2D eigenvalue weighted by Crippen LogP contribution is 2.42. The van der Waals surface area contributed by atoms with Crippen LogP contribution in [0.3, 0.4) is 0 Å². The van der Waals surface area contributed by atoms with Crippen LogP contribution in [0.1, 0.15) is 39.5 Å². The standard InChI is InChI=1S/C12H22O2/c1-9(2)11-5-4-10(3)8-12(11,14)6-7-13/h10-11,13-14H,1,4-8H2,2-3H3/t10-,11+,12-/m1/s1. The Morgan fingerprint density at radius 2 is 2.14 bits per heavy atom. The summed E-state index contributed by atoms with van der Waals surface area (Å²) in [7, 11) is 0. The van der Waals surface area contributed by atoms with Gasteiger partial charge in [0.05, 0.1) is 5.60 Å². The first-order valence-electron chi connectivity index (χ1n) is 5.48. The van der Waals surface area contributed by atoms with E-state index in [1.165, 1.54) is 0 Å². The summed E-state index contributed by atoms with van der Waals surface area (Å²) in [5.74, 6) is 0.730. The molecule has 2 N–H and O–H groups in total. The van der Waals surface area contributed by atoms with Crippen molar-refractivity contribution in [1.29, 1.82) is 0 Å². The topological polar surface area (TPSA) is 40.5 Å². The number of aliphatic hydroxyl groups is 2. The van der Waals surface area contributed by atoms with Gasteiger partial charge in [0.1, 0.15) is 0 Å². The van der Waals surface area contributed by atoms with Gasteiger partial charge in [-0.15, -0.1) is 0 Å². The van der Waals surface area contributed by atoms with Gasteiger partial charge in [-0.2, -0.15) is 0 Å². The lowest BCUT2D eigenvalue weighted by Gasteiger charge is -2.43. The third-order valence-corrected chi connectivity index (χ3v) is 3.44. The molecular formula is C12H22O2. The van der Waals surface area contributed by atoms with Gasteiger partial charge in [-0.1, -0.05) is 19.1 Å². The lowest BCUT2D eigenvalue weighted by Crippen LogP contribution is -2.44. The smallest absolute Gasteiger partial charge is 0.0736 e. The van der Waals surface area contributed by atoms with E-state index >= 15 is 0 Å². The van der Waals surface area contributed by atoms with E-state index in [4.69, 9.17) is 5.11 Å². The van der Waals surface area contributed by atoms with Gasteiger partial charge in [0.2, 0.25) is 0 Å². The van der Waals surface area contributed by atoms with Crippen LogP contribution in [0.15, 0.2) is 12.2 Å². The van der Waals surface area contributed by atoms with Crippen molar-refractivity contribution in [3.8, 4) is 0 Å². The molecule has 1 aliphatic carbocycles. The van der Waals surface area contributed by atoms with Gasteiger partial charge < -0.3 is 10.2 Å². The minimum Gasteiger partial charge on any atom is -0.396 e. The molecule has 0 spiro atoms. The first-order chi connectivity index (χ1) is 6.49. The average molecular weight is 198 g/mol. The minimum atomic E-state index is -0.710. The van der Waals surface area contributed by atoms with Crippen molar-refractivity contribution >= 4 is 0 Å². The normalized spacial score (nSPS) is 38.3. The van der Waals surface area contributed by atoms with Gasteiger partial charge in [-0.25, -0.2) is 0 Å². The van der Waals surface area contributed by atoms with Crippen molar-refractivity contribution in [3.05, 3.63) is 12.2 Å². The summed E-state index contributed by atoms with van der Waals surface area (Å²) in [6.45, 7) is 8.14. The minimum absolute atomic E-state index is 0.0625. The zero-order chi connectivity index (χ0) is 10.8. The fourth-order valence-electron chi connectivity index (χ4n) is 2.74. The number of rotatable bonds is 3. The van der Waals surface area contributed by atoms with E-state index in [0.717, 1.165) is 24.8 Å². The van der Waals surface area contributed by atoms with Gasteiger partial charge >= 0.3 is 0 Å². The highest BCUT2D eigenvalue weighted by Gasteiger charge is 2.40. The number of hydrogen-bond acceptors (Lipinski definition) is 2. The third kappa shape index (κ3) is 2.37. The molecular weight excluding hydrogens is 176 g/mol. The van der Waals surface area contributed by atoms with Gasteiger partial charge in [0.25, 0.3) is 0 Å². The van der Waals surface area contributed by atoms with Crippen LogP contribution in [0.5, 0.6) is 0 Å². The van der Waals surface area contributed by atoms with Gasteiger partial charge in [-0.3, -0.25) is 0 Å². The molecule has 0 radical (unpaired) electrons. The molecule has 0 amide bonds. The van der Waals surface area contributed by atoms with Crippen LogP contribution < -0.4 is 0 Å². The Bertz CT molecular complexity index is 212. The second kappa shape index (κ2) is 4.45. The molecule has 1 aliphatic rings. The summed E-state index contributed by atoms with van der Waals surface area (Å²) in [6, 6.07) is 0. The van der Waals surface area contributed by atoms with E-state index in [0.29, 0.717) is 12.3 Å². The molecule has 1 rings (SSSR count). The van der Waals surface area contributed by atoms with E-state index in [-0.39, 0.29) is 12.5 Å². The third-order valence-electron chi connectivity index (χ3n) is 3.44. The molecule has 0 unspecified atom stereocenters. The molecule has 1 saturated carbocycles. The maximum Gasteiger partial charge on any atom is 0.0736 e. The molecule has 0 aromatic heterocycles. The Balaban J connectivity index is 2.77. The van der Waals surface area contributed by atoms with Crippen LogP contribution >= 0.6 is 0 Å². The maximum atomic E-state index is 10.5. The Labute approximate surface area is 86.6 Å². The fourth-order valence-corrected chi connectivity index (χ4v) is 2.74. The van der Waals surface area contributed by atoms with Crippen LogP contribution in [0, 0.1) is 11.8 Å². The molecule has 0 bridgehead atoms. The number of hydrogen-bond donors (Lipinski definition) is 2. The lowest BCUT2D eigenvalue weighted by atomic mass is 9.67.